The van der Waals surface area contributed by atoms with Gasteiger partial charge in [0.1, 0.15) is 10.8 Å². The fraction of sp³-hybridized carbons (Fsp3) is 0.625. The van der Waals surface area contributed by atoms with Gasteiger partial charge in [-0.1, -0.05) is 0 Å². The number of aryl methyl sites for hydroxylation is 1. The van der Waals surface area contributed by atoms with Crippen molar-refractivity contribution in [1.29, 1.82) is 0 Å². The molecule has 1 aliphatic heterocycles. The Morgan fingerprint density at radius 1 is 1.52 bits per heavy atom. The molecule has 126 valence electrons. The molecule has 0 bridgehead atoms. The average Bonchev–Trinajstić information content (AvgIpc) is 3.23. The van der Waals surface area contributed by atoms with Crippen LogP contribution >= 0.6 is 11.3 Å². The number of aromatic nitrogens is 2. The maximum atomic E-state index is 5.58. The molecule has 0 amide bonds. The Kier molecular flexibility index (Phi) is 5.42. The zero-order chi connectivity index (χ0) is 16.2. The lowest BCUT2D eigenvalue weighted by molar-refractivity contribution is 0.184. The summed E-state index contributed by atoms with van der Waals surface area (Å²) in [6.07, 6.45) is 2.95. The molecule has 3 rings (SSSR count). The summed E-state index contributed by atoms with van der Waals surface area (Å²) in [5.74, 6) is 1.67. The molecule has 3 heterocycles. The Labute approximate surface area is 141 Å². The number of likely N-dealkylation sites (N-methyl/N-ethyl adjacent to an activating group) is 1. The third-order valence-corrected chi connectivity index (χ3v) is 5.05. The van der Waals surface area contributed by atoms with Gasteiger partial charge in [-0.15, -0.1) is 11.3 Å². The lowest BCUT2D eigenvalue weighted by atomic mass is 10.2. The van der Waals surface area contributed by atoms with Crippen LogP contribution in [-0.4, -0.2) is 53.1 Å². The monoisotopic (exact) mass is 336 g/mol. The van der Waals surface area contributed by atoms with Crippen molar-refractivity contribution in [1.82, 2.24) is 19.8 Å². The van der Waals surface area contributed by atoms with E-state index >= 15 is 0 Å². The van der Waals surface area contributed by atoms with Gasteiger partial charge in [-0.2, -0.15) is 0 Å². The van der Waals surface area contributed by atoms with Crippen LogP contribution in [0.15, 0.2) is 16.0 Å². The van der Waals surface area contributed by atoms with Crippen molar-refractivity contribution in [2.75, 3.05) is 27.2 Å². The van der Waals surface area contributed by atoms with Crippen molar-refractivity contribution < 1.29 is 9.15 Å². The molecule has 0 aromatic carbocycles. The van der Waals surface area contributed by atoms with Crippen LogP contribution in [0.2, 0.25) is 0 Å². The predicted octanol–water partition coefficient (Wildman–Crippen LogP) is 2.29. The Morgan fingerprint density at radius 2 is 2.39 bits per heavy atom. The van der Waals surface area contributed by atoms with Crippen LogP contribution in [0.1, 0.15) is 28.8 Å². The summed E-state index contributed by atoms with van der Waals surface area (Å²) in [6, 6.07) is 0.541. The zero-order valence-electron chi connectivity index (χ0n) is 14.0. The van der Waals surface area contributed by atoms with E-state index in [1.807, 2.05) is 6.92 Å². The number of hydrogen-bond donors (Lipinski definition) is 0. The van der Waals surface area contributed by atoms with E-state index in [1.54, 1.807) is 24.6 Å². The largest absolute Gasteiger partial charge is 0.445 e. The summed E-state index contributed by atoms with van der Waals surface area (Å²) in [7, 11) is 3.85. The Bertz CT molecular complexity index is 627. The van der Waals surface area contributed by atoms with Gasteiger partial charge in [-0.25, -0.2) is 9.97 Å². The number of hydrogen-bond acceptors (Lipinski definition) is 7. The minimum absolute atomic E-state index is 0.541. The summed E-state index contributed by atoms with van der Waals surface area (Å²) >= 11 is 1.67. The second-order valence-corrected chi connectivity index (χ2v) is 7.07. The fourth-order valence-corrected chi connectivity index (χ4v) is 3.73. The third-order valence-electron chi connectivity index (χ3n) is 4.18. The molecule has 2 aromatic rings. The second kappa shape index (κ2) is 7.53. The maximum absolute atomic E-state index is 5.58. The summed E-state index contributed by atoms with van der Waals surface area (Å²) < 4.78 is 10.7. The lowest BCUT2D eigenvalue weighted by Crippen LogP contribution is -2.34. The van der Waals surface area contributed by atoms with Crippen LogP contribution in [0.5, 0.6) is 0 Å². The van der Waals surface area contributed by atoms with Gasteiger partial charge in [0.2, 0.25) is 5.89 Å². The predicted molar refractivity (Wildman–Crippen MR) is 89.2 cm³/mol. The van der Waals surface area contributed by atoms with Crippen molar-refractivity contribution in [2.24, 2.45) is 0 Å². The minimum atomic E-state index is 0.541. The van der Waals surface area contributed by atoms with Gasteiger partial charge < -0.3 is 9.15 Å². The minimum Gasteiger partial charge on any atom is -0.445 e. The topological polar surface area (TPSA) is 54.6 Å². The highest BCUT2D eigenvalue weighted by molar-refractivity contribution is 7.09. The zero-order valence-corrected chi connectivity index (χ0v) is 14.8. The molecule has 0 N–H and O–H groups in total. The quantitative estimate of drug-likeness (QED) is 0.773. The molecular weight excluding hydrogens is 312 g/mol. The third kappa shape index (κ3) is 4.38. The van der Waals surface area contributed by atoms with Crippen LogP contribution in [0.3, 0.4) is 0 Å². The molecule has 7 heteroatoms. The van der Waals surface area contributed by atoms with Crippen molar-refractivity contribution in [2.45, 2.75) is 39.1 Å². The van der Waals surface area contributed by atoms with Crippen LogP contribution in [0.4, 0.5) is 0 Å². The van der Waals surface area contributed by atoms with Gasteiger partial charge in [0.05, 0.1) is 25.0 Å². The van der Waals surface area contributed by atoms with E-state index in [9.17, 15) is 0 Å². The van der Waals surface area contributed by atoms with Gasteiger partial charge in [0, 0.05) is 38.2 Å². The standard InChI is InChI=1S/C16H24N4O2S/c1-12-6-17-15(22-12)9-19(2)14-4-5-20(8-14)7-13-11-23-16(18-13)10-21-3/h6,11,14H,4-5,7-10H2,1-3H3/t14-/m0/s1. The van der Waals surface area contributed by atoms with Crippen LogP contribution in [-0.2, 0) is 24.4 Å². The van der Waals surface area contributed by atoms with Gasteiger partial charge in [-0.3, -0.25) is 9.80 Å². The van der Waals surface area contributed by atoms with E-state index < -0.39 is 0 Å². The number of rotatable bonds is 7. The molecule has 1 aliphatic rings. The number of ether oxygens (including phenoxy) is 1. The van der Waals surface area contributed by atoms with Crippen molar-refractivity contribution >= 4 is 11.3 Å². The number of likely N-dealkylation sites (tertiary alicyclic amines) is 1. The molecule has 0 saturated carbocycles. The highest BCUT2D eigenvalue weighted by Gasteiger charge is 2.26. The van der Waals surface area contributed by atoms with Gasteiger partial charge in [0.15, 0.2) is 0 Å². The van der Waals surface area contributed by atoms with Crippen molar-refractivity contribution in [3.63, 3.8) is 0 Å². The first kappa shape index (κ1) is 16.6. The van der Waals surface area contributed by atoms with Gasteiger partial charge >= 0.3 is 0 Å². The summed E-state index contributed by atoms with van der Waals surface area (Å²) in [4.78, 5) is 13.7. The van der Waals surface area contributed by atoms with Crippen LogP contribution < -0.4 is 0 Å². The number of methoxy groups -OCH3 is 1. The van der Waals surface area contributed by atoms with Gasteiger partial charge in [0.25, 0.3) is 0 Å². The molecule has 0 radical (unpaired) electrons. The van der Waals surface area contributed by atoms with E-state index in [1.165, 1.54) is 6.42 Å². The van der Waals surface area contributed by atoms with E-state index in [-0.39, 0.29) is 0 Å². The molecule has 1 fully saturated rings. The Morgan fingerprint density at radius 3 is 3.13 bits per heavy atom. The van der Waals surface area contributed by atoms with E-state index in [0.29, 0.717) is 12.6 Å². The molecule has 0 unspecified atom stereocenters. The SMILES string of the molecule is COCc1nc(CN2CC[C@H](N(C)Cc3ncc(C)o3)C2)cs1. The average molecular weight is 336 g/mol. The lowest BCUT2D eigenvalue weighted by Gasteiger charge is -2.23. The molecular formula is C16H24N4O2S. The number of nitrogens with zero attached hydrogens (tertiary/aromatic N) is 4. The molecule has 2 aromatic heterocycles. The summed E-state index contributed by atoms with van der Waals surface area (Å²) in [5, 5.41) is 3.19. The molecule has 23 heavy (non-hydrogen) atoms. The normalized spacial score (nSPS) is 19.0. The number of oxazole rings is 1. The molecule has 0 aliphatic carbocycles. The number of thiazole rings is 1. The highest BCUT2D eigenvalue weighted by atomic mass is 32.1. The summed E-state index contributed by atoms with van der Waals surface area (Å²) in [6.45, 7) is 6.39. The van der Waals surface area contributed by atoms with E-state index in [2.05, 4.69) is 32.2 Å². The fourth-order valence-electron chi connectivity index (χ4n) is 2.97. The van der Waals surface area contributed by atoms with Gasteiger partial charge in [-0.05, 0) is 20.4 Å². The second-order valence-electron chi connectivity index (χ2n) is 6.12. The van der Waals surface area contributed by atoms with Crippen LogP contribution in [0.25, 0.3) is 0 Å². The Balaban J connectivity index is 1.49. The van der Waals surface area contributed by atoms with E-state index in [4.69, 9.17) is 9.15 Å². The molecule has 1 saturated heterocycles. The van der Waals surface area contributed by atoms with Crippen molar-refractivity contribution in [3.8, 4) is 0 Å². The first-order valence-corrected chi connectivity index (χ1v) is 8.78. The van der Waals surface area contributed by atoms with Crippen molar-refractivity contribution in [3.05, 3.63) is 33.9 Å². The van der Waals surface area contributed by atoms with E-state index in [0.717, 1.165) is 48.5 Å². The molecule has 1 atom stereocenters. The Hall–Kier alpha value is -1.28. The molecule has 6 nitrogen and oxygen atoms in total. The first-order valence-electron chi connectivity index (χ1n) is 7.90. The maximum Gasteiger partial charge on any atom is 0.208 e. The highest BCUT2D eigenvalue weighted by Crippen LogP contribution is 2.20. The first-order chi connectivity index (χ1) is 11.1. The smallest absolute Gasteiger partial charge is 0.208 e. The molecule has 0 spiro atoms. The van der Waals surface area contributed by atoms with Crippen LogP contribution in [0, 0.1) is 6.92 Å². The summed E-state index contributed by atoms with van der Waals surface area (Å²) in [5.41, 5.74) is 1.15.